The van der Waals surface area contributed by atoms with Gasteiger partial charge in [-0.1, -0.05) is 100 Å². The van der Waals surface area contributed by atoms with Crippen LogP contribution in [-0.2, 0) is 123 Å². The highest BCUT2D eigenvalue weighted by atomic mass is 32.2. The number of benzene rings is 1. The lowest BCUT2D eigenvalue weighted by atomic mass is 9.96. The molecule has 1 aromatic heterocycles. The monoisotopic (exact) mass is 2120 g/mol. The summed E-state index contributed by atoms with van der Waals surface area (Å²) in [7, 11) is -2.39. The lowest BCUT2D eigenvalue weighted by Gasteiger charge is -2.31. The van der Waals surface area contributed by atoms with Crippen LogP contribution in [0, 0.1) is 35.0 Å². The fourth-order valence-electron chi connectivity index (χ4n) is 15.3. The van der Waals surface area contributed by atoms with Crippen LogP contribution in [0.5, 0.6) is 0 Å². The van der Waals surface area contributed by atoms with E-state index in [4.69, 9.17) is 16.9 Å². The highest BCUT2D eigenvalue weighted by Crippen LogP contribution is 2.23. The Labute approximate surface area is 853 Å². The Hall–Kier alpha value is -12.5. The number of hydrogen-bond acceptors (Lipinski definition) is 29. The van der Waals surface area contributed by atoms with E-state index < -0.39 is 372 Å². The van der Waals surface area contributed by atoms with E-state index in [0.29, 0.717) is 16.5 Å². The number of carbonyl (C=O) groups excluding carboxylic acids is 20. The molecule has 4 bridgehead atoms. The van der Waals surface area contributed by atoms with E-state index in [2.05, 4.69) is 117 Å². The number of nitrogens with two attached hydrogens (primary N) is 2. The molecule has 1 unspecified atom stereocenters. The van der Waals surface area contributed by atoms with Gasteiger partial charge in [0.05, 0.1) is 31.5 Å². The van der Waals surface area contributed by atoms with E-state index >= 15 is 52.7 Å². The molecule has 145 heavy (non-hydrogen) atoms. The van der Waals surface area contributed by atoms with Crippen molar-refractivity contribution in [3.8, 4) is 0 Å². The molecule has 51 nitrogen and oxygen atoms in total. The molecule has 20 amide bonds. The Bertz CT molecular complexity index is 5000. The van der Waals surface area contributed by atoms with E-state index in [0.717, 1.165) is 42.2 Å². The molecule has 30 N–H and O–H groups in total. The third-order valence-corrected chi connectivity index (χ3v) is 29.0. The zero-order chi connectivity index (χ0) is 108. The number of thioether (sulfide) groups is 3. The number of fused-ring (bicyclic) bond motifs is 19. The number of amides is 20. The summed E-state index contributed by atoms with van der Waals surface area (Å²) >= 11 is 2.41. The number of carboxylic acid groups (broad SMARTS) is 2. The minimum atomic E-state index is -2.39. The minimum Gasteiger partial charge on any atom is -0.481 e. The van der Waals surface area contributed by atoms with Crippen LogP contribution < -0.4 is 123 Å². The van der Waals surface area contributed by atoms with Gasteiger partial charge in [-0.3, -0.25) is 110 Å². The summed E-state index contributed by atoms with van der Waals surface area (Å²) in [6, 6.07) is -25.5. The molecule has 22 atom stereocenters. The van der Waals surface area contributed by atoms with Gasteiger partial charge < -0.3 is 143 Å². The molecule has 1 aromatic carbocycles. The van der Waals surface area contributed by atoms with Gasteiger partial charge >= 0.3 is 11.9 Å². The molecule has 4 aliphatic rings. The van der Waals surface area contributed by atoms with Crippen LogP contribution in [0.2, 0.25) is 0 Å². The van der Waals surface area contributed by atoms with Crippen LogP contribution in [0.15, 0.2) is 30.5 Å². The second-order valence-electron chi connectivity index (χ2n) is 37.1. The van der Waals surface area contributed by atoms with Crippen molar-refractivity contribution in [1.29, 1.82) is 5.41 Å². The van der Waals surface area contributed by atoms with Gasteiger partial charge in [0, 0.05) is 76.1 Å². The van der Waals surface area contributed by atoms with Crippen LogP contribution in [0.3, 0.4) is 0 Å². The summed E-state index contributed by atoms with van der Waals surface area (Å²) < 4.78 is 14.6. The quantitative estimate of drug-likeness (QED) is 0.0213. The normalized spacial score (nSPS) is 27.9. The largest absolute Gasteiger partial charge is 0.481 e. The van der Waals surface area contributed by atoms with Gasteiger partial charge in [-0.05, 0) is 112 Å². The molecule has 4 saturated heterocycles. The van der Waals surface area contributed by atoms with Gasteiger partial charge in [0.2, 0.25) is 118 Å². The average Bonchev–Trinajstić information content (AvgIpc) is 1.70. The number of guanidine groups is 1. The number of hydrogen-bond donors (Lipinski definition) is 28. The zero-order valence-corrected chi connectivity index (χ0v) is 86.3. The summed E-state index contributed by atoms with van der Waals surface area (Å²) in [6.07, 6.45) is -2.13. The maximum Gasteiger partial charge on any atom is 0.326 e. The number of aromatic nitrogens is 1. The number of nitrogens with one attached hydrogen (secondary N) is 23. The van der Waals surface area contributed by atoms with E-state index in [-0.39, 0.29) is 62.3 Å². The fourth-order valence-corrected chi connectivity index (χ4v) is 19.6. The smallest absolute Gasteiger partial charge is 0.326 e. The predicted molar refractivity (Wildman–Crippen MR) is 535 cm³/mol. The van der Waals surface area contributed by atoms with E-state index in [1.54, 1.807) is 65.1 Å². The lowest BCUT2D eigenvalue weighted by Crippen LogP contribution is -2.62. The molecule has 0 spiro atoms. The number of carboxylic acids is 2. The Morgan fingerprint density at radius 1 is 0.503 bits per heavy atom. The number of H-pyrrole nitrogens is 1. The number of para-hydroxylation sites is 1. The SMILES string of the molecule is CC[C@H](C)[C@@H]1NC(=O)[C@@H]2CCSC[C@@H]3NC(=O)[C@H]([C@@H](C)CC)NC(=O)[C@H](C(C)C)NC(=O)[C@H](CCS(=O)C[C@@H](C(=O)N[C@@H](CCCNC(=N)N)C(=O)O)NC(=O)[C@H](C)NC3=O)NC(=O)CNC(=O)[C@H](CSCC[C@H](NC(=O)[C@@H]3CSC[C@H](N)C(=O)N[C@@H](C)C(=O)N[C@@H](CO)C(=O)NCC(=O)N[C@@H](Cc4c[nH]c5ccccc45)C(=O)N[C@@H](C(C)C)C(=O)N3)C(=O)N[C@@H](CC(C)C)C(=O)N2)NC(=O)[C@H](CCC(=O)O)NC1=O. The van der Waals surface area contributed by atoms with Gasteiger partial charge in [-0.15, -0.1) is 0 Å². The maximum atomic E-state index is 15.7. The number of aliphatic hydroxyl groups is 1. The van der Waals surface area contributed by atoms with Crippen molar-refractivity contribution in [3.63, 3.8) is 0 Å². The second-order valence-corrected chi connectivity index (χ2v) is 42.0. The third kappa shape index (κ3) is 39.4. The van der Waals surface area contributed by atoms with E-state index in [1.165, 1.54) is 41.5 Å². The zero-order valence-electron chi connectivity index (χ0n) is 83.0. The molecule has 0 saturated carbocycles. The number of aliphatic carboxylic acids is 2. The molecule has 806 valence electrons. The standard InChI is InChI=1S/C90H141N25O26S4/c1-13-44(9)69-87(137)104-52(21-22-66(119)120)76(126)108-60-37-142-27-23-53(103-83(133)62-39-144-36-50(91)73(123)98-46(11)71(121)107-59(35-116)74(124)96-34-65(118)101-58(81(131)113-67(42(5)6)85(135)109-62)31-48-32-95-51-19-16-15-18-49(48)51)77(127)106-57(30-41(3)4)80(130)102-54(78(128)114-69)24-28-143-38-61-82(132)99-47(12)72(122)111-63(84(134)105-56(89(139)140)20-17-26-94-90(92)93)40-145(141)29-25-55(100-64(117)33-97-75(60)125)79(129)112-68(43(7)8)86(136)115-70(45(10)14-2)88(138)110-61/h15-16,18-19,32,41-47,50,52-63,67-70,95,116H,13-14,17,20-31,33-40,91H2,1-12H3,(H,96,124)(H,97,125)(H,98,123)(H,99,132)(H,100,117)(H,101,118)(H,102,130)(H,103,133)(H,104,137)(H,105,134)(H,106,127)(H,107,121)(H,108,126)(H,109,135)(H,110,138)(H,111,122)(H,112,129)(H,113,131)(H,114,128)(H,115,136)(H,119,120)(H,139,140)(H4,92,93,94)/t44-,45-,46-,47-,50-,52-,53-,54-,55-,56-,57-,58-,59-,60-,61-,62-,63-,67-,68-,69-,70-,145?/m0/s1. The molecule has 0 aliphatic carbocycles. The van der Waals surface area contributed by atoms with Crippen LogP contribution >= 0.6 is 35.3 Å². The average molecular weight is 2120 g/mol. The van der Waals surface area contributed by atoms with Gasteiger partial charge in [0.1, 0.15) is 109 Å². The fraction of sp³-hybridized carbons (Fsp3) is 0.656. The number of carbonyl (C=O) groups is 22. The number of aromatic amines is 1. The van der Waals surface area contributed by atoms with Crippen molar-refractivity contribution in [1.82, 2.24) is 117 Å². The highest BCUT2D eigenvalue weighted by Gasteiger charge is 2.43. The highest BCUT2D eigenvalue weighted by molar-refractivity contribution is 7.99. The summed E-state index contributed by atoms with van der Waals surface area (Å²) in [4.78, 5) is 324. The lowest BCUT2D eigenvalue weighted by molar-refractivity contribution is -0.142. The Balaban J connectivity index is 1.57. The van der Waals surface area contributed by atoms with Crippen LogP contribution in [0.1, 0.15) is 153 Å². The minimum absolute atomic E-state index is 0.00235. The first-order valence-corrected chi connectivity index (χ1v) is 52.9. The van der Waals surface area contributed by atoms with Crippen molar-refractivity contribution in [2.24, 2.45) is 41.1 Å². The molecular formula is C90H141N25O26S4. The van der Waals surface area contributed by atoms with Gasteiger partial charge in [0.25, 0.3) is 0 Å². The van der Waals surface area contributed by atoms with Crippen molar-refractivity contribution >= 4 is 193 Å². The number of aliphatic hydroxyl groups excluding tert-OH is 1. The summed E-state index contributed by atoms with van der Waals surface area (Å²) in [5, 5.41) is 91.8. The van der Waals surface area contributed by atoms with Gasteiger partial charge in [-0.25, -0.2) is 4.79 Å². The van der Waals surface area contributed by atoms with Crippen molar-refractivity contribution in [3.05, 3.63) is 36.0 Å². The molecule has 0 radical (unpaired) electrons. The summed E-state index contributed by atoms with van der Waals surface area (Å²) in [6.45, 7) is 15.2. The Morgan fingerprint density at radius 2 is 1.00 bits per heavy atom. The first kappa shape index (κ1) is 121. The topological polar surface area (TPSA) is 798 Å². The first-order valence-electron chi connectivity index (χ1n) is 48.0. The van der Waals surface area contributed by atoms with Crippen molar-refractivity contribution in [2.45, 2.75) is 269 Å². The molecule has 5 heterocycles. The van der Waals surface area contributed by atoms with Crippen LogP contribution in [-0.4, -0.2) is 348 Å². The van der Waals surface area contributed by atoms with Crippen molar-refractivity contribution < 1.29 is 125 Å². The Kier molecular flexibility index (Phi) is 50.0. The molecule has 2 aromatic rings. The summed E-state index contributed by atoms with van der Waals surface area (Å²) in [5.41, 5.74) is 13.0. The molecule has 4 fully saturated rings. The molecule has 55 heteroatoms. The van der Waals surface area contributed by atoms with E-state index in [9.17, 15) is 72.3 Å². The maximum absolute atomic E-state index is 15.7. The van der Waals surface area contributed by atoms with Crippen LogP contribution in [0.25, 0.3) is 10.9 Å². The molecule has 4 aliphatic heterocycles. The molecular weight excluding hydrogens is 1980 g/mol. The Morgan fingerprint density at radius 3 is 1.60 bits per heavy atom. The summed E-state index contributed by atoms with van der Waals surface area (Å²) in [5.74, 6) is -33.5. The van der Waals surface area contributed by atoms with Gasteiger partial charge in [0.15, 0.2) is 5.96 Å². The molecule has 6 rings (SSSR count). The second kappa shape index (κ2) is 59.8. The van der Waals surface area contributed by atoms with Gasteiger partial charge in [-0.2, -0.15) is 35.3 Å². The van der Waals surface area contributed by atoms with Crippen molar-refractivity contribution in [2.75, 3.05) is 72.3 Å². The number of rotatable bonds is 23. The third-order valence-electron chi connectivity index (χ3n) is 24.2. The van der Waals surface area contributed by atoms with E-state index in [1.807, 2.05) is 0 Å². The van der Waals surface area contributed by atoms with Crippen LogP contribution in [0.4, 0.5) is 0 Å². The predicted octanol–water partition coefficient (Wildman–Crippen LogP) is -8.14. The first-order chi connectivity index (χ1) is 68.4.